The Morgan fingerprint density at radius 2 is 1.88 bits per heavy atom. The molecule has 6 heteroatoms. The quantitative estimate of drug-likeness (QED) is 0.378. The average Bonchev–Trinajstić information content (AvgIpc) is 2.39. The van der Waals surface area contributed by atoms with Crippen LogP contribution in [0.2, 0.25) is 0 Å². The second kappa shape index (κ2) is 6.22. The number of carbonyl (C=O) groups excluding carboxylic acids is 3. The van der Waals surface area contributed by atoms with Gasteiger partial charge < -0.3 is 14.5 Å². The summed E-state index contributed by atoms with van der Waals surface area (Å²) in [4.78, 5) is 37.2. The minimum atomic E-state index is -0.720. The fraction of sp³-hybridized carbons (Fsp3) is 0.727. The fourth-order valence-electron chi connectivity index (χ4n) is 1.85. The van der Waals surface area contributed by atoms with Crippen LogP contribution in [0.4, 0.5) is 0 Å². The third-order valence-corrected chi connectivity index (χ3v) is 2.97. The van der Waals surface area contributed by atoms with Crippen molar-refractivity contribution >= 4 is 18.3 Å². The smallest absolute Gasteiger partial charge is 0.318 e. The Balaban J connectivity index is 2.57. The van der Waals surface area contributed by atoms with E-state index in [0.29, 0.717) is 32.6 Å². The molecule has 1 aliphatic heterocycles. The van der Waals surface area contributed by atoms with E-state index >= 15 is 0 Å². The molecular weight excluding hydrogens is 224 g/mol. The van der Waals surface area contributed by atoms with Gasteiger partial charge in [-0.2, -0.15) is 0 Å². The number of piperazine rings is 1. The Morgan fingerprint density at radius 1 is 1.29 bits per heavy atom. The molecule has 1 unspecified atom stereocenters. The van der Waals surface area contributed by atoms with Crippen LogP contribution in [0, 0.1) is 5.92 Å². The number of hydrogen-bond acceptors (Lipinski definition) is 4. The van der Waals surface area contributed by atoms with Crippen molar-refractivity contribution in [2.45, 2.75) is 13.3 Å². The topological polar surface area (TPSA) is 66.9 Å². The van der Waals surface area contributed by atoms with Crippen LogP contribution in [-0.2, 0) is 19.1 Å². The molecule has 1 rings (SSSR count). The van der Waals surface area contributed by atoms with E-state index < -0.39 is 11.9 Å². The SMILES string of the molecule is CCC(C(=O)OC)C(=O)N1CCN(C=O)CC1. The summed E-state index contributed by atoms with van der Waals surface area (Å²) in [6, 6.07) is 0. The second-order valence-electron chi connectivity index (χ2n) is 3.95. The average molecular weight is 242 g/mol. The normalized spacial score (nSPS) is 17.5. The maximum atomic E-state index is 12.0. The largest absolute Gasteiger partial charge is 0.468 e. The van der Waals surface area contributed by atoms with Crippen molar-refractivity contribution in [3.05, 3.63) is 0 Å². The molecule has 0 aliphatic carbocycles. The molecule has 2 amide bonds. The minimum absolute atomic E-state index is 0.204. The maximum Gasteiger partial charge on any atom is 0.318 e. The molecule has 6 nitrogen and oxygen atoms in total. The van der Waals surface area contributed by atoms with Crippen LogP contribution in [0.3, 0.4) is 0 Å². The Morgan fingerprint density at radius 3 is 2.29 bits per heavy atom. The number of rotatable bonds is 4. The lowest BCUT2D eigenvalue weighted by Crippen LogP contribution is -2.50. The molecule has 0 bridgehead atoms. The van der Waals surface area contributed by atoms with Crippen molar-refractivity contribution in [1.29, 1.82) is 0 Å². The maximum absolute atomic E-state index is 12.0. The highest BCUT2D eigenvalue weighted by Gasteiger charge is 2.31. The van der Waals surface area contributed by atoms with Gasteiger partial charge in [-0.3, -0.25) is 14.4 Å². The molecule has 1 aliphatic rings. The van der Waals surface area contributed by atoms with E-state index in [1.54, 1.807) is 16.7 Å². The zero-order valence-corrected chi connectivity index (χ0v) is 10.2. The van der Waals surface area contributed by atoms with Gasteiger partial charge in [-0.1, -0.05) is 6.92 Å². The van der Waals surface area contributed by atoms with Crippen LogP contribution in [0.1, 0.15) is 13.3 Å². The summed E-state index contributed by atoms with van der Waals surface area (Å²) in [7, 11) is 1.28. The third kappa shape index (κ3) is 3.18. The molecule has 0 radical (unpaired) electrons. The summed E-state index contributed by atoms with van der Waals surface area (Å²) < 4.78 is 4.60. The molecule has 0 aromatic rings. The summed E-state index contributed by atoms with van der Waals surface area (Å²) in [5, 5.41) is 0. The predicted molar refractivity (Wildman–Crippen MR) is 60.0 cm³/mol. The van der Waals surface area contributed by atoms with Gasteiger partial charge in [-0.25, -0.2) is 0 Å². The van der Waals surface area contributed by atoms with E-state index in [-0.39, 0.29) is 5.91 Å². The van der Waals surface area contributed by atoms with Gasteiger partial charge in [0.15, 0.2) is 0 Å². The van der Waals surface area contributed by atoms with Gasteiger partial charge in [0.2, 0.25) is 12.3 Å². The number of hydrogen-bond donors (Lipinski definition) is 0. The van der Waals surface area contributed by atoms with Gasteiger partial charge in [-0.15, -0.1) is 0 Å². The summed E-state index contributed by atoms with van der Waals surface area (Å²) in [5.74, 6) is -1.41. The molecule has 17 heavy (non-hydrogen) atoms. The third-order valence-electron chi connectivity index (χ3n) is 2.97. The molecule has 0 aromatic heterocycles. The van der Waals surface area contributed by atoms with Gasteiger partial charge in [0.25, 0.3) is 0 Å². The predicted octanol–water partition coefficient (Wildman–Crippen LogP) is -0.514. The molecule has 96 valence electrons. The fourth-order valence-corrected chi connectivity index (χ4v) is 1.85. The number of carbonyl (C=O) groups is 3. The van der Waals surface area contributed by atoms with Crippen LogP contribution < -0.4 is 0 Å². The lowest BCUT2D eigenvalue weighted by molar-refractivity contribution is -0.155. The first kappa shape index (κ1) is 13.5. The number of amides is 2. The summed E-state index contributed by atoms with van der Waals surface area (Å²) >= 11 is 0. The molecule has 1 heterocycles. The summed E-state index contributed by atoms with van der Waals surface area (Å²) in [5.41, 5.74) is 0. The molecular formula is C11H18N2O4. The summed E-state index contributed by atoms with van der Waals surface area (Å²) in [6.07, 6.45) is 1.21. The first-order valence-corrected chi connectivity index (χ1v) is 5.70. The molecule has 0 spiro atoms. The Kier molecular flexibility index (Phi) is 4.93. The first-order chi connectivity index (χ1) is 8.13. The van der Waals surface area contributed by atoms with Gasteiger partial charge in [0.1, 0.15) is 5.92 Å². The standard InChI is InChI=1S/C11H18N2O4/c1-3-9(11(16)17-2)10(15)13-6-4-12(8-14)5-7-13/h8-9H,3-7H2,1-2H3. The van der Waals surface area contributed by atoms with E-state index in [9.17, 15) is 14.4 Å². The first-order valence-electron chi connectivity index (χ1n) is 5.70. The number of esters is 1. The highest BCUT2D eigenvalue weighted by Crippen LogP contribution is 2.12. The lowest BCUT2D eigenvalue weighted by atomic mass is 10.0. The molecule has 1 saturated heterocycles. The van der Waals surface area contributed by atoms with Crippen LogP contribution in [0.25, 0.3) is 0 Å². The zero-order chi connectivity index (χ0) is 12.8. The summed E-state index contributed by atoms with van der Waals surface area (Å²) in [6.45, 7) is 3.77. The van der Waals surface area contributed by atoms with Crippen LogP contribution in [0.5, 0.6) is 0 Å². The van der Waals surface area contributed by atoms with Crippen molar-refractivity contribution < 1.29 is 19.1 Å². The molecule has 1 atom stereocenters. The van der Waals surface area contributed by atoms with Crippen LogP contribution in [-0.4, -0.2) is 61.4 Å². The number of ether oxygens (including phenoxy) is 1. The minimum Gasteiger partial charge on any atom is -0.468 e. The molecule has 0 N–H and O–H groups in total. The monoisotopic (exact) mass is 242 g/mol. The van der Waals surface area contributed by atoms with Crippen molar-refractivity contribution in [3.63, 3.8) is 0 Å². The van der Waals surface area contributed by atoms with Crippen molar-refractivity contribution in [3.8, 4) is 0 Å². The van der Waals surface area contributed by atoms with Gasteiger partial charge in [-0.05, 0) is 6.42 Å². The Labute approximate surface area is 101 Å². The van der Waals surface area contributed by atoms with Crippen LogP contribution >= 0.6 is 0 Å². The van der Waals surface area contributed by atoms with E-state index in [1.807, 2.05) is 0 Å². The van der Waals surface area contributed by atoms with E-state index in [1.165, 1.54) is 7.11 Å². The highest BCUT2D eigenvalue weighted by atomic mass is 16.5. The van der Waals surface area contributed by atoms with E-state index in [0.717, 1.165) is 6.41 Å². The molecule has 0 aromatic carbocycles. The number of methoxy groups -OCH3 is 1. The van der Waals surface area contributed by atoms with E-state index in [2.05, 4.69) is 4.74 Å². The zero-order valence-electron chi connectivity index (χ0n) is 10.2. The van der Waals surface area contributed by atoms with E-state index in [4.69, 9.17) is 0 Å². The highest BCUT2D eigenvalue weighted by molar-refractivity contribution is 5.97. The second-order valence-corrected chi connectivity index (χ2v) is 3.95. The Hall–Kier alpha value is -1.59. The van der Waals surface area contributed by atoms with Crippen molar-refractivity contribution in [1.82, 2.24) is 9.80 Å². The van der Waals surface area contributed by atoms with Crippen molar-refractivity contribution in [2.24, 2.45) is 5.92 Å². The molecule has 1 fully saturated rings. The number of nitrogens with zero attached hydrogens (tertiary/aromatic N) is 2. The molecule has 0 saturated carbocycles. The Bertz CT molecular complexity index is 298. The van der Waals surface area contributed by atoms with Gasteiger partial charge in [0, 0.05) is 26.2 Å². The van der Waals surface area contributed by atoms with Gasteiger partial charge >= 0.3 is 5.97 Å². The van der Waals surface area contributed by atoms with Crippen molar-refractivity contribution in [2.75, 3.05) is 33.3 Å². The van der Waals surface area contributed by atoms with Gasteiger partial charge in [0.05, 0.1) is 7.11 Å². The van der Waals surface area contributed by atoms with Crippen LogP contribution in [0.15, 0.2) is 0 Å². The lowest BCUT2D eigenvalue weighted by Gasteiger charge is -2.34.